The number of amides is 1. The van der Waals surface area contributed by atoms with Gasteiger partial charge in [-0.25, -0.2) is 4.39 Å². The van der Waals surface area contributed by atoms with Crippen LogP contribution in [-0.2, 0) is 4.79 Å². The number of carbonyl (C=O) groups excluding carboxylic acids is 1. The predicted molar refractivity (Wildman–Crippen MR) is 124 cm³/mol. The molecule has 4 nitrogen and oxygen atoms in total. The molecule has 1 amide bonds. The fourth-order valence-electron chi connectivity index (χ4n) is 3.12. The Bertz CT molecular complexity index is 1050. The lowest BCUT2D eigenvalue weighted by molar-refractivity contribution is -0.115. The monoisotopic (exact) mass is 422 g/mol. The first kappa shape index (κ1) is 21.6. The molecule has 0 aliphatic rings. The summed E-state index contributed by atoms with van der Waals surface area (Å²) in [6.07, 6.45) is 4.34. The van der Waals surface area contributed by atoms with Gasteiger partial charge in [0, 0.05) is 24.6 Å². The number of hydrogen-bond acceptors (Lipinski definition) is 3. The fraction of sp³-hybridized carbons (Fsp3) is 0.167. The van der Waals surface area contributed by atoms with Gasteiger partial charge in [0.05, 0.1) is 5.69 Å². The maximum absolute atomic E-state index is 13.0. The van der Waals surface area contributed by atoms with Crippen LogP contribution in [0.5, 0.6) is 0 Å². The highest BCUT2D eigenvalue weighted by atomic mass is 32.1. The number of thiocarbonyl (C=S) groups is 1. The third-order valence-electron chi connectivity index (χ3n) is 4.62. The maximum Gasteiger partial charge on any atom is 0.250 e. The summed E-state index contributed by atoms with van der Waals surface area (Å²) in [6.45, 7) is 0.665. The van der Waals surface area contributed by atoms with Crippen molar-refractivity contribution < 1.29 is 14.3 Å². The van der Waals surface area contributed by atoms with Crippen LogP contribution in [0.4, 0.5) is 10.1 Å². The Morgan fingerprint density at radius 2 is 1.77 bits per heavy atom. The van der Waals surface area contributed by atoms with E-state index in [2.05, 4.69) is 5.32 Å². The van der Waals surface area contributed by atoms with Crippen molar-refractivity contribution in [2.45, 2.75) is 12.8 Å². The Balaban J connectivity index is 1.78. The highest BCUT2D eigenvalue weighted by Crippen LogP contribution is 2.27. The van der Waals surface area contributed by atoms with Crippen molar-refractivity contribution in [3.8, 4) is 0 Å². The SMILES string of the molecule is O=C(C=Cc1ccc(F)cc1)NC(=S)N(CCCCO)c1cccc2ccccc12. The lowest BCUT2D eigenvalue weighted by Gasteiger charge is -2.26. The Morgan fingerprint density at radius 1 is 1.03 bits per heavy atom. The number of benzene rings is 3. The first-order valence-corrected chi connectivity index (χ1v) is 10.1. The fourth-order valence-corrected chi connectivity index (χ4v) is 3.41. The summed E-state index contributed by atoms with van der Waals surface area (Å²) in [5.74, 6) is -0.692. The van der Waals surface area contributed by atoms with Gasteiger partial charge in [0.25, 0.3) is 0 Å². The van der Waals surface area contributed by atoms with Crippen LogP contribution in [0.2, 0.25) is 0 Å². The summed E-state index contributed by atoms with van der Waals surface area (Å²) < 4.78 is 13.0. The van der Waals surface area contributed by atoms with Crippen LogP contribution >= 0.6 is 12.2 Å². The van der Waals surface area contributed by atoms with Crippen molar-refractivity contribution in [1.82, 2.24) is 5.32 Å². The van der Waals surface area contributed by atoms with E-state index in [9.17, 15) is 9.18 Å². The molecule has 3 aromatic rings. The zero-order chi connectivity index (χ0) is 21.3. The van der Waals surface area contributed by atoms with Crippen molar-refractivity contribution in [3.63, 3.8) is 0 Å². The molecule has 0 heterocycles. The van der Waals surface area contributed by atoms with Gasteiger partial charge in [0.15, 0.2) is 5.11 Å². The van der Waals surface area contributed by atoms with E-state index >= 15 is 0 Å². The largest absolute Gasteiger partial charge is 0.396 e. The van der Waals surface area contributed by atoms with E-state index < -0.39 is 0 Å². The van der Waals surface area contributed by atoms with Crippen LogP contribution in [0.25, 0.3) is 16.8 Å². The van der Waals surface area contributed by atoms with Crippen LogP contribution < -0.4 is 10.2 Å². The van der Waals surface area contributed by atoms with Gasteiger partial charge in [-0.1, -0.05) is 48.5 Å². The Labute approximate surface area is 180 Å². The number of rotatable bonds is 7. The van der Waals surface area contributed by atoms with Gasteiger partial charge in [-0.2, -0.15) is 0 Å². The number of aliphatic hydroxyl groups excluding tert-OH is 1. The summed E-state index contributed by atoms with van der Waals surface area (Å²) in [6, 6.07) is 19.8. The molecule has 0 aliphatic carbocycles. The van der Waals surface area contributed by atoms with Crippen LogP contribution in [0.15, 0.2) is 72.8 Å². The molecule has 0 saturated carbocycles. The molecule has 0 atom stereocenters. The summed E-state index contributed by atoms with van der Waals surface area (Å²) in [7, 11) is 0. The molecular weight excluding hydrogens is 399 g/mol. The second kappa shape index (κ2) is 10.6. The van der Waals surface area contributed by atoms with Crippen LogP contribution in [0.1, 0.15) is 18.4 Å². The highest BCUT2D eigenvalue weighted by Gasteiger charge is 2.16. The lowest BCUT2D eigenvalue weighted by Crippen LogP contribution is -2.43. The normalized spacial score (nSPS) is 11.0. The quantitative estimate of drug-likeness (QED) is 0.330. The van der Waals surface area contributed by atoms with Crippen molar-refractivity contribution in [1.29, 1.82) is 0 Å². The van der Waals surface area contributed by atoms with Crippen molar-refractivity contribution in [3.05, 3.63) is 84.2 Å². The number of anilines is 1. The second-order valence-corrected chi connectivity index (χ2v) is 7.15. The molecule has 2 N–H and O–H groups in total. The topological polar surface area (TPSA) is 52.6 Å². The third-order valence-corrected chi connectivity index (χ3v) is 4.94. The summed E-state index contributed by atoms with van der Waals surface area (Å²) in [5.41, 5.74) is 1.62. The molecule has 30 heavy (non-hydrogen) atoms. The zero-order valence-electron chi connectivity index (χ0n) is 16.4. The minimum Gasteiger partial charge on any atom is -0.396 e. The number of fused-ring (bicyclic) bond motifs is 1. The maximum atomic E-state index is 13.0. The molecule has 0 unspecified atom stereocenters. The average Bonchev–Trinajstić information content (AvgIpc) is 2.76. The van der Waals surface area contributed by atoms with E-state index in [0.29, 0.717) is 18.5 Å². The zero-order valence-corrected chi connectivity index (χ0v) is 17.2. The van der Waals surface area contributed by atoms with Gasteiger partial charge in [0.2, 0.25) is 5.91 Å². The standard InChI is InChI=1S/C24H23FN2O2S/c25-20-13-10-18(11-14-20)12-15-23(29)26-24(30)27(16-3-4-17-28)22-9-5-7-19-6-1-2-8-21(19)22/h1-2,5-15,28H,3-4,16-17H2,(H,26,29,30). The van der Waals surface area contributed by atoms with E-state index in [4.69, 9.17) is 17.3 Å². The molecule has 0 aromatic heterocycles. The van der Waals surface area contributed by atoms with Gasteiger partial charge < -0.3 is 10.0 Å². The highest BCUT2D eigenvalue weighted by molar-refractivity contribution is 7.80. The van der Waals surface area contributed by atoms with E-state index in [1.807, 2.05) is 47.4 Å². The molecule has 0 fully saturated rings. The molecule has 0 bridgehead atoms. The smallest absolute Gasteiger partial charge is 0.250 e. The van der Waals surface area contributed by atoms with Crippen LogP contribution in [-0.4, -0.2) is 29.3 Å². The van der Waals surface area contributed by atoms with E-state index in [-0.39, 0.29) is 23.4 Å². The summed E-state index contributed by atoms with van der Waals surface area (Å²) >= 11 is 5.54. The van der Waals surface area contributed by atoms with Gasteiger partial charge in [-0.05, 0) is 60.3 Å². The number of hydrogen-bond donors (Lipinski definition) is 2. The van der Waals surface area contributed by atoms with Crippen molar-refractivity contribution >= 4 is 45.8 Å². The number of unbranched alkanes of at least 4 members (excludes halogenated alkanes) is 1. The lowest BCUT2D eigenvalue weighted by atomic mass is 10.1. The Hall–Kier alpha value is -3.09. The minimum absolute atomic E-state index is 0.100. The minimum atomic E-state index is -0.364. The predicted octanol–water partition coefficient (Wildman–Crippen LogP) is 4.67. The third kappa shape index (κ3) is 5.72. The number of halogens is 1. The number of nitrogens with zero attached hydrogens (tertiary/aromatic N) is 1. The molecule has 0 saturated heterocycles. The Kier molecular flexibility index (Phi) is 7.65. The average molecular weight is 423 g/mol. The van der Waals surface area contributed by atoms with E-state index in [1.54, 1.807) is 18.2 Å². The number of carbonyl (C=O) groups is 1. The second-order valence-electron chi connectivity index (χ2n) is 6.76. The molecule has 0 aliphatic heterocycles. The van der Waals surface area contributed by atoms with Crippen molar-refractivity contribution in [2.75, 3.05) is 18.1 Å². The molecule has 0 radical (unpaired) electrons. The molecular formula is C24H23FN2O2S. The van der Waals surface area contributed by atoms with Crippen LogP contribution in [0, 0.1) is 5.82 Å². The van der Waals surface area contributed by atoms with Crippen molar-refractivity contribution in [2.24, 2.45) is 0 Å². The number of aliphatic hydroxyl groups is 1. The van der Waals surface area contributed by atoms with Gasteiger partial charge >= 0.3 is 0 Å². The Morgan fingerprint density at radius 3 is 2.53 bits per heavy atom. The van der Waals surface area contributed by atoms with E-state index in [0.717, 1.165) is 22.9 Å². The van der Waals surface area contributed by atoms with Crippen LogP contribution in [0.3, 0.4) is 0 Å². The molecule has 0 spiro atoms. The molecule has 3 rings (SSSR count). The summed E-state index contributed by atoms with van der Waals surface area (Å²) in [4.78, 5) is 14.3. The first-order valence-electron chi connectivity index (χ1n) is 9.73. The van der Waals surface area contributed by atoms with E-state index in [1.165, 1.54) is 18.2 Å². The number of nitrogens with one attached hydrogen (secondary N) is 1. The van der Waals surface area contributed by atoms with Gasteiger partial charge in [-0.3, -0.25) is 10.1 Å². The summed E-state index contributed by atoms with van der Waals surface area (Å²) in [5, 5.41) is 14.3. The van der Waals surface area contributed by atoms with Gasteiger partial charge in [-0.15, -0.1) is 0 Å². The molecule has 154 valence electrons. The first-order chi connectivity index (χ1) is 14.6. The van der Waals surface area contributed by atoms with Gasteiger partial charge in [0.1, 0.15) is 5.82 Å². The molecule has 6 heteroatoms. The molecule has 3 aromatic carbocycles.